The molecule has 6 heteroatoms. The number of aromatic nitrogens is 4. The molecule has 0 amide bonds. The topological polar surface area (TPSA) is 43.1 Å². The Kier molecular flexibility index (Phi) is 2.98. The molecule has 0 aliphatic carbocycles. The Labute approximate surface area is 90.9 Å². The minimum absolute atomic E-state index is 0.681. The van der Waals surface area contributed by atoms with Gasteiger partial charge in [-0.2, -0.15) is 9.61 Å². The van der Waals surface area contributed by atoms with Crippen molar-refractivity contribution in [3.8, 4) is 0 Å². The zero-order chi connectivity index (χ0) is 9.97. The molecule has 4 nitrogen and oxygen atoms in total. The van der Waals surface area contributed by atoms with Crippen LogP contribution in [0.15, 0.2) is 0 Å². The van der Waals surface area contributed by atoms with Crippen molar-refractivity contribution in [2.75, 3.05) is 5.88 Å². The number of hydrogen-bond donors (Lipinski definition) is 0. The molecule has 0 fully saturated rings. The summed E-state index contributed by atoms with van der Waals surface area (Å²) in [5, 5.41) is 13.6. The van der Waals surface area contributed by atoms with Crippen LogP contribution in [0.25, 0.3) is 4.96 Å². The summed E-state index contributed by atoms with van der Waals surface area (Å²) in [5.74, 6) is 1.61. The van der Waals surface area contributed by atoms with E-state index >= 15 is 0 Å². The predicted molar refractivity (Wildman–Crippen MR) is 57.1 cm³/mol. The van der Waals surface area contributed by atoms with E-state index in [-0.39, 0.29) is 0 Å². The van der Waals surface area contributed by atoms with Gasteiger partial charge < -0.3 is 0 Å². The van der Waals surface area contributed by atoms with E-state index in [2.05, 4.69) is 15.3 Å². The second kappa shape index (κ2) is 4.23. The Morgan fingerprint density at radius 1 is 1.43 bits per heavy atom. The van der Waals surface area contributed by atoms with Gasteiger partial charge in [0.25, 0.3) is 0 Å². The van der Waals surface area contributed by atoms with E-state index in [1.165, 1.54) is 0 Å². The van der Waals surface area contributed by atoms with Crippen LogP contribution in [0, 0.1) is 0 Å². The lowest BCUT2D eigenvalue weighted by atomic mass is 10.4. The van der Waals surface area contributed by atoms with Gasteiger partial charge in [-0.05, 0) is 6.42 Å². The van der Waals surface area contributed by atoms with Crippen LogP contribution < -0.4 is 0 Å². The molecule has 0 atom stereocenters. The smallest absolute Gasteiger partial charge is 0.187 e. The van der Waals surface area contributed by atoms with Crippen molar-refractivity contribution in [1.82, 2.24) is 19.8 Å². The van der Waals surface area contributed by atoms with Crippen LogP contribution >= 0.6 is 22.9 Å². The summed E-state index contributed by atoms with van der Waals surface area (Å²) in [4.78, 5) is 0.881. The van der Waals surface area contributed by atoms with Gasteiger partial charge in [-0.25, -0.2) is 0 Å². The molecule has 0 bridgehead atoms. The van der Waals surface area contributed by atoms with E-state index in [1.54, 1.807) is 11.3 Å². The third-order valence-corrected chi connectivity index (χ3v) is 3.16. The number of alkyl halides is 1. The zero-order valence-electron chi connectivity index (χ0n) is 7.90. The van der Waals surface area contributed by atoms with Gasteiger partial charge >= 0.3 is 0 Å². The number of halogens is 1. The van der Waals surface area contributed by atoms with Crippen molar-refractivity contribution < 1.29 is 0 Å². The number of nitrogens with zero attached hydrogens (tertiary/aromatic N) is 4. The van der Waals surface area contributed by atoms with Crippen molar-refractivity contribution in [2.24, 2.45) is 0 Å². The van der Waals surface area contributed by atoms with Crippen LogP contribution in [0.4, 0.5) is 0 Å². The van der Waals surface area contributed by atoms with Crippen molar-refractivity contribution in [3.05, 3.63) is 10.8 Å². The fraction of sp³-hybridized carbons (Fsp3) is 0.625. The van der Waals surface area contributed by atoms with Crippen LogP contribution in [0.3, 0.4) is 0 Å². The molecule has 0 radical (unpaired) electrons. The first-order chi connectivity index (χ1) is 6.85. The molecule has 0 N–H and O–H groups in total. The maximum absolute atomic E-state index is 5.62. The van der Waals surface area contributed by atoms with E-state index in [0.717, 1.165) is 35.1 Å². The molecule has 76 valence electrons. The van der Waals surface area contributed by atoms with Gasteiger partial charge in [0.15, 0.2) is 5.82 Å². The van der Waals surface area contributed by atoms with Gasteiger partial charge in [-0.3, -0.25) is 0 Å². The molecule has 2 aromatic rings. The largest absolute Gasteiger partial charge is 0.234 e. The average molecular weight is 231 g/mol. The molecule has 0 unspecified atom stereocenters. The molecule has 2 rings (SSSR count). The standard InChI is InChI=1S/C8H11ClN4S/c1-2-6-10-11-8-13(6)12-7(14-8)4-3-5-9/h2-5H2,1H3. The molecule has 2 heterocycles. The summed E-state index contributed by atoms with van der Waals surface area (Å²) in [6, 6.07) is 0. The molecular weight excluding hydrogens is 220 g/mol. The second-order valence-corrected chi connectivity index (χ2v) is 4.37. The Balaban J connectivity index is 2.28. The molecular formula is C8H11ClN4S. The third kappa shape index (κ3) is 1.74. The molecule has 0 spiro atoms. The molecule has 0 saturated carbocycles. The Morgan fingerprint density at radius 3 is 3.00 bits per heavy atom. The highest BCUT2D eigenvalue weighted by molar-refractivity contribution is 7.16. The van der Waals surface area contributed by atoms with Gasteiger partial charge in [0.05, 0.1) is 0 Å². The summed E-state index contributed by atoms with van der Waals surface area (Å²) < 4.78 is 1.83. The maximum atomic E-state index is 5.62. The van der Waals surface area contributed by atoms with E-state index in [9.17, 15) is 0 Å². The fourth-order valence-corrected chi connectivity index (χ4v) is 2.26. The van der Waals surface area contributed by atoms with Gasteiger partial charge in [-0.1, -0.05) is 18.3 Å². The predicted octanol–water partition coefficient (Wildman–Crippen LogP) is 1.92. The number of hydrogen-bond acceptors (Lipinski definition) is 4. The number of aryl methyl sites for hydroxylation is 2. The quantitative estimate of drug-likeness (QED) is 0.754. The summed E-state index contributed by atoms with van der Waals surface area (Å²) in [7, 11) is 0. The molecule has 2 aromatic heterocycles. The summed E-state index contributed by atoms with van der Waals surface area (Å²) in [5.41, 5.74) is 0. The zero-order valence-corrected chi connectivity index (χ0v) is 9.48. The highest BCUT2D eigenvalue weighted by Gasteiger charge is 2.09. The fourth-order valence-electron chi connectivity index (χ4n) is 1.24. The van der Waals surface area contributed by atoms with Crippen molar-refractivity contribution in [2.45, 2.75) is 26.2 Å². The summed E-state index contributed by atoms with van der Waals surface area (Å²) >= 11 is 7.22. The van der Waals surface area contributed by atoms with Crippen LogP contribution in [0.2, 0.25) is 0 Å². The van der Waals surface area contributed by atoms with E-state index in [4.69, 9.17) is 11.6 Å². The third-order valence-electron chi connectivity index (χ3n) is 1.94. The first kappa shape index (κ1) is 9.86. The number of fused-ring (bicyclic) bond motifs is 1. The van der Waals surface area contributed by atoms with Crippen LogP contribution in [0.1, 0.15) is 24.2 Å². The molecule has 0 aromatic carbocycles. The lowest BCUT2D eigenvalue weighted by molar-refractivity contribution is 0.795. The highest BCUT2D eigenvalue weighted by Crippen LogP contribution is 2.15. The Morgan fingerprint density at radius 2 is 2.29 bits per heavy atom. The van der Waals surface area contributed by atoms with E-state index in [1.807, 2.05) is 11.4 Å². The number of rotatable bonds is 4. The monoisotopic (exact) mass is 230 g/mol. The van der Waals surface area contributed by atoms with Gasteiger partial charge in [0.2, 0.25) is 4.96 Å². The normalized spacial score (nSPS) is 11.3. The van der Waals surface area contributed by atoms with Crippen molar-refractivity contribution in [1.29, 1.82) is 0 Å². The lowest BCUT2D eigenvalue weighted by Gasteiger charge is -1.90. The van der Waals surface area contributed by atoms with Gasteiger partial charge in [-0.15, -0.1) is 21.8 Å². The molecule has 0 saturated heterocycles. The lowest BCUT2D eigenvalue weighted by Crippen LogP contribution is -1.95. The SMILES string of the molecule is CCc1nnc2sc(CCCCl)nn12. The van der Waals surface area contributed by atoms with Crippen molar-refractivity contribution in [3.63, 3.8) is 0 Å². The van der Waals surface area contributed by atoms with Crippen molar-refractivity contribution >= 4 is 27.9 Å². The minimum Gasteiger partial charge on any atom is -0.187 e. The van der Waals surface area contributed by atoms with Crippen LogP contribution in [-0.2, 0) is 12.8 Å². The Bertz CT molecular complexity index is 422. The Hall–Kier alpha value is -0.680. The van der Waals surface area contributed by atoms with E-state index < -0.39 is 0 Å². The first-order valence-corrected chi connectivity index (χ1v) is 5.96. The highest BCUT2D eigenvalue weighted by atomic mass is 35.5. The van der Waals surface area contributed by atoms with E-state index in [0.29, 0.717) is 5.88 Å². The summed E-state index contributed by atoms with van der Waals surface area (Å²) in [6.45, 7) is 2.05. The molecule has 0 aliphatic rings. The van der Waals surface area contributed by atoms with Gasteiger partial charge in [0.1, 0.15) is 5.01 Å². The summed E-state index contributed by atoms with van der Waals surface area (Å²) in [6.07, 6.45) is 2.76. The minimum atomic E-state index is 0.681. The maximum Gasteiger partial charge on any atom is 0.234 e. The molecule has 0 aliphatic heterocycles. The second-order valence-electron chi connectivity index (χ2n) is 2.95. The van der Waals surface area contributed by atoms with Crippen LogP contribution in [0.5, 0.6) is 0 Å². The molecule has 14 heavy (non-hydrogen) atoms. The first-order valence-electron chi connectivity index (χ1n) is 4.61. The average Bonchev–Trinajstić information content (AvgIpc) is 2.73. The van der Waals surface area contributed by atoms with Crippen LogP contribution in [-0.4, -0.2) is 25.7 Å². The van der Waals surface area contributed by atoms with Gasteiger partial charge in [0, 0.05) is 18.7 Å².